The van der Waals surface area contributed by atoms with Crippen molar-refractivity contribution in [2.24, 2.45) is 7.05 Å². The van der Waals surface area contributed by atoms with E-state index in [0.717, 1.165) is 27.1 Å². The minimum absolute atomic E-state index is 0.356. The molecule has 0 aliphatic heterocycles. The first-order valence-corrected chi connectivity index (χ1v) is 8.47. The van der Waals surface area contributed by atoms with Gasteiger partial charge in [0.1, 0.15) is 11.4 Å². The lowest BCUT2D eigenvalue weighted by Crippen LogP contribution is -2.16. The highest BCUT2D eigenvalue weighted by Gasteiger charge is 2.21. The molecule has 0 radical (unpaired) electrons. The summed E-state index contributed by atoms with van der Waals surface area (Å²) >= 11 is 1.64. The van der Waals surface area contributed by atoms with Gasteiger partial charge in [0.25, 0.3) is 0 Å². The van der Waals surface area contributed by atoms with E-state index >= 15 is 0 Å². The third-order valence-corrected chi connectivity index (χ3v) is 5.16. The summed E-state index contributed by atoms with van der Waals surface area (Å²) in [6.45, 7) is 3.20. The third kappa shape index (κ3) is 3.02. The molecule has 24 heavy (non-hydrogen) atoms. The maximum Gasteiger partial charge on any atom is 0.352 e. The predicted molar refractivity (Wildman–Crippen MR) is 96.0 cm³/mol. The first-order chi connectivity index (χ1) is 11.5. The van der Waals surface area contributed by atoms with Gasteiger partial charge in [-0.05, 0) is 30.7 Å². The van der Waals surface area contributed by atoms with Crippen LogP contribution in [0.15, 0.2) is 30.3 Å². The molecule has 0 amide bonds. The van der Waals surface area contributed by atoms with Crippen LogP contribution in [-0.2, 0) is 20.1 Å². The van der Waals surface area contributed by atoms with Crippen molar-refractivity contribution in [1.82, 2.24) is 9.88 Å². The Morgan fingerprint density at radius 3 is 2.83 bits per heavy atom. The quantitative estimate of drug-likeness (QED) is 0.718. The number of aryl methyl sites for hydroxylation is 2. The Bertz CT molecular complexity index is 895. The number of benzene rings is 1. The minimum atomic E-state index is -0.892. The van der Waals surface area contributed by atoms with Crippen molar-refractivity contribution >= 4 is 27.5 Å². The van der Waals surface area contributed by atoms with E-state index < -0.39 is 5.97 Å². The fourth-order valence-corrected chi connectivity index (χ4v) is 4.03. The van der Waals surface area contributed by atoms with Crippen LogP contribution in [0.25, 0.3) is 10.2 Å². The van der Waals surface area contributed by atoms with Gasteiger partial charge in [-0.2, -0.15) is 0 Å². The normalized spacial score (nSPS) is 11.1. The van der Waals surface area contributed by atoms with Crippen molar-refractivity contribution in [3.05, 3.63) is 52.0 Å². The lowest BCUT2D eigenvalue weighted by Gasteiger charge is -2.08. The van der Waals surface area contributed by atoms with Crippen LogP contribution in [0.3, 0.4) is 0 Å². The van der Waals surface area contributed by atoms with Crippen LogP contribution in [0.2, 0.25) is 0 Å². The van der Waals surface area contributed by atoms with Crippen LogP contribution in [0.1, 0.15) is 26.5 Å². The van der Waals surface area contributed by atoms with Crippen LogP contribution in [0.5, 0.6) is 5.75 Å². The van der Waals surface area contributed by atoms with Crippen molar-refractivity contribution < 1.29 is 14.6 Å². The summed E-state index contributed by atoms with van der Waals surface area (Å²) in [5.41, 5.74) is 3.28. The molecular weight excluding hydrogens is 324 g/mol. The van der Waals surface area contributed by atoms with Crippen molar-refractivity contribution in [2.45, 2.75) is 20.0 Å². The molecule has 0 fully saturated rings. The lowest BCUT2D eigenvalue weighted by atomic mass is 10.2. The second-order valence-corrected chi connectivity index (χ2v) is 6.97. The lowest BCUT2D eigenvalue weighted by molar-refractivity contribution is 0.0685. The third-order valence-electron chi connectivity index (χ3n) is 4.06. The van der Waals surface area contributed by atoms with Crippen LogP contribution < -0.4 is 10.1 Å². The number of aromatic carboxylic acids is 1. The average molecular weight is 344 g/mol. The zero-order valence-corrected chi connectivity index (χ0v) is 14.7. The first kappa shape index (κ1) is 16.5. The Hall–Kier alpha value is -2.31. The van der Waals surface area contributed by atoms with Gasteiger partial charge in [-0.3, -0.25) is 0 Å². The number of aromatic nitrogens is 1. The summed E-state index contributed by atoms with van der Waals surface area (Å²) in [7, 11) is 3.45. The number of fused-ring (bicyclic) bond motifs is 1. The van der Waals surface area contributed by atoms with Gasteiger partial charge >= 0.3 is 5.97 Å². The average Bonchev–Trinajstić information content (AvgIpc) is 3.05. The molecule has 6 heteroatoms. The number of carboxylic acid groups (broad SMARTS) is 1. The van der Waals surface area contributed by atoms with Gasteiger partial charge < -0.3 is 19.7 Å². The van der Waals surface area contributed by atoms with Gasteiger partial charge in [-0.25, -0.2) is 4.79 Å². The van der Waals surface area contributed by atoms with E-state index in [9.17, 15) is 9.90 Å². The van der Waals surface area contributed by atoms with Gasteiger partial charge in [0, 0.05) is 30.6 Å². The molecule has 0 atom stereocenters. The van der Waals surface area contributed by atoms with Gasteiger partial charge in [-0.15, -0.1) is 11.3 Å². The molecule has 0 aliphatic rings. The van der Waals surface area contributed by atoms with Crippen molar-refractivity contribution in [2.75, 3.05) is 7.11 Å². The SMILES string of the molecule is COc1cccc(CNCc2c(C(=O)O)n(C)c3cc(C)sc23)c1. The highest BCUT2D eigenvalue weighted by molar-refractivity contribution is 7.19. The van der Waals surface area contributed by atoms with Gasteiger partial charge in [0.15, 0.2) is 0 Å². The number of nitrogens with one attached hydrogen (secondary N) is 1. The number of ether oxygens (including phenoxy) is 1. The van der Waals surface area contributed by atoms with E-state index in [1.54, 1.807) is 23.0 Å². The zero-order valence-electron chi connectivity index (χ0n) is 13.9. The van der Waals surface area contributed by atoms with E-state index in [4.69, 9.17) is 4.74 Å². The molecule has 0 bridgehead atoms. The fourth-order valence-electron chi connectivity index (χ4n) is 2.95. The number of hydrogen-bond donors (Lipinski definition) is 2. The number of rotatable bonds is 6. The summed E-state index contributed by atoms with van der Waals surface area (Å²) < 4.78 is 8.04. The Kier molecular flexibility index (Phi) is 4.59. The van der Waals surface area contributed by atoms with Crippen molar-refractivity contribution in [3.8, 4) is 5.75 Å². The standard InChI is InChI=1S/C18H20N2O3S/c1-11-7-15-17(24-11)14(16(18(21)22)20(15)2)10-19-9-12-5-4-6-13(8-12)23-3/h4-8,19H,9-10H2,1-3H3,(H,21,22). The summed E-state index contributed by atoms with van der Waals surface area (Å²) in [4.78, 5) is 12.8. The molecule has 3 rings (SSSR count). The second-order valence-electron chi connectivity index (χ2n) is 5.72. The Labute approximate surface area is 144 Å². The topological polar surface area (TPSA) is 63.5 Å². The second kappa shape index (κ2) is 6.67. The van der Waals surface area contributed by atoms with Crippen LogP contribution in [-0.4, -0.2) is 22.8 Å². The Morgan fingerprint density at radius 2 is 2.12 bits per heavy atom. The van der Waals surface area contributed by atoms with Crippen LogP contribution in [0.4, 0.5) is 0 Å². The molecule has 0 aliphatic carbocycles. The molecular formula is C18H20N2O3S. The number of carbonyl (C=O) groups is 1. The summed E-state index contributed by atoms with van der Waals surface area (Å²) in [5, 5.41) is 12.9. The number of carboxylic acids is 1. The molecule has 3 aromatic rings. The first-order valence-electron chi connectivity index (χ1n) is 7.66. The largest absolute Gasteiger partial charge is 0.497 e. The number of hydrogen-bond acceptors (Lipinski definition) is 4. The minimum Gasteiger partial charge on any atom is -0.497 e. The zero-order chi connectivity index (χ0) is 17.3. The molecule has 0 unspecified atom stereocenters. The van der Waals surface area contributed by atoms with E-state index in [1.807, 2.05) is 44.3 Å². The number of methoxy groups -OCH3 is 1. The van der Waals surface area contributed by atoms with E-state index in [1.165, 1.54) is 4.88 Å². The summed E-state index contributed by atoms with van der Waals surface area (Å²) in [6.07, 6.45) is 0. The van der Waals surface area contributed by atoms with E-state index in [0.29, 0.717) is 18.8 Å². The fraction of sp³-hybridized carbons (Fsp3) is 0.278. The predicted octanol–water partition coefficient (Wildman–Crippen LogP) is 3.54. The van der Waals surface area contributed by atoms with Gasteiger partial charge in [0.05, 0.1) is 17.3 Å². The van der Waals surface area contributed by atoms with E-state index in [-0.39, 0.29) is 0 Å². The van der Waals surface area contributed by atoms with E-state index in [2.05, 4.69) is 5.32 Å². The molecule has 2 N–H and O–H groups in total. The molecule has 5 nitrogen and oxygen atoms in total. The molecule has 126 valence electrons. The van der Waals surface area contributed by atoms with Crippen LogP contribution in [0, 0.1) is 6.92 Å². The molecule has 2 heterocycles. The van der Waals surface area contributed by atoms with Crippen LogP contribution >= 0.6 is 11.3 Å². The monoisotopic (exact) mass is 344 g/mol. The van der Waals surface area contributed by atoms with Gasteiger partial charge in [-0.1, -0.05) is 12.1 Å². The molecule has 0 spiro atoms. The van der Waals surface area contributed by atoms with Gasteiger partial charge in [0.2, 0.25) is 0 Å². The maximum absolute atomic E-state index is 11.7. The summed E-state index contributed by atoms with van der Waals surface area (Å²) in [5.74, 6) is -0.0757. The highest BCUT2D eigenvalue weighted by atomic mass is 32.1. The Morgan fingerprint density at radius 1 is 1.33 bits per heavy atom. The molecule has 1 aromatic carbocycles. The Balaban J connectivity index is 1.84. The maximum atomic E-state index is 11.7. The molecule has 0 saturated carbocycles. The number of thiophene rings is 1. The van der Waals surface area contributed by atoms with Crippen molar-refractivity contribution in [1.29, 1.82) is 0 Å². The number of nitrogens with zero attached hydrogens (tertiary/aromatic N) is 1. The molecule has 0 saturated heterocycles. The highest BCUT2D eigenvalue weighted by Crippen LogP contribution is 2.32. The smallest absolute Gasteiger partial charge is 0.352 e. The summed E-state index contributed by atoms with van der Waals surface area (Å²) in [6, 6.07) is 9.88. The van der Waals surface area contributed by atoms with Crippen molar-refractivity contribution in [3.63, 3.8) is 0 Å². The molecule has 2 aromatic heterocycles.